The third-order valence-electron chi connectivity index (χ3n) is 3.40. The number of rotatable bonds is 7. The fourth-order valence-electron chi connectivity index (χ4n) is 2.35. The zero-order valence-electron chi connectivity index (χ0n) is 13.0. The molecule has 0 amide bonds. The summed E-state index contributed by atoms with van der Waals surface area (Å²) >= 11 is 0. The Hall–Kier alpha value is -1.94. The molecule has 0 spiro atoms. The molecule has 4 heteroatoms. The summed E-state index contributed by atoms with van der Waals surface area (Å²) < 4.78 is 5.47. The first-order chi connectivity index (χ1) is 10.2. The number of hydrogen-bond donors (Lipinski definition) is 1. The molecule has 1 aromatic carbocycles. The second-order valence-corrected chi connectivity index (χ2v) is 5.13. The van der Waals surface area contributed by atoms with Crippen LogP contribution in [0.2, 0.25) is 0 Å². The van der Waals surface area contributed by atoms with Crippen LogP contribution in [-0.4, -0.2) is 23.6 Å². The van der Waals surface area contributed by atoms with Gasteiger partial charge in [0.25, 0.3) is 0 Å². The Bertz CT molecular complexity index is 557. The third kappa shape index (κ3) is 4.26. The molecule has 0 aliphatic carbocycles. The van der Waals surface area contributed by atoms with Crippen LogP contribution in [-0.2, 0) is 6.42 Å². The topological polar surface area (TPSA) is 47.0 Å². The Kier molecular flexibility index (Phi) is 5.69. The molecule has 4 nitrogen and oxygen atoms in total. The highest BCUT2D eigenvalue weighted by Crippen LogP contribution is 2.24. The molecule has 2 aromatic rings. The molecule has 0 aliphatic rings. The first-order valence-electron chi connectivity index (χ1n) is 7.38. The molecule has 0 saturated carbocycles. The van der Waals surface area contributed by atoms with E-state index in [1.165, 1.54) is 11.1 Å². The Morgan fingerprint density at radius 2 is 2.00 bits per heavy atom. The summed E-state index contributed by atoms with van der Waals surface area (Å²) in [5.74, 6) is 1.74. The van der Waals surface area contributed by atoms with Gasteiger partial charge in [0.15, 0.2) is 0 Å². The van der Waals surface area contributed by atoms with Crippen LogP contribution in [0.4, 0.5) is 0 Å². The van der Waals surface area contributed by atoms with E-state index in [0.717, 1.165) is 31.0 Å². The van der Waals surface area contributed by atoms with Gasteiger partial charge in [0.2, 0.25) is 0 Å². The quantitative estimate of drug-likeness (QED) is 0.849. The molecule has 1 N–H and O–H groups in total. The van der Waals surface area contributed by atoms with Crippen LogP contribution in [0.15, 0.2) is 36.7 Å². The molecule has 0 radical (unpaired) electrons. The van der Waals surface area contributed by atoms with Crippen molar-refractivity contribution in [2.24, 2.45) is 0 Å². The highest BCUT2D eigenvalue weighted by Gasteiger charge is 2.16. The second kappa shape index (κ2) is 7.74. The summed E-state index contributed by atoms with van der Waals surface area (Å²) in [6.45, 7) is 5.19. The predicted octanol–water partition coefficient (Wildman–Crippen LogP) is 3.08. The number of aromatic nitrogens is 2. The fourth-order valence-corrected chi connectivity index (χ4v) is 2.35. The third-order valence-corrected chi connectivity index (χ3v) is 3.40. The highest BCUT2D eigenvalue weighted by atomic mass is 16.5. The Labute approximate surface area is 126 Å². The van der Waals surface area contributed by atoms with Crippen molar-refractivity contribution in [2.45, 2.75) is 32.7 Å². The largest absolute Gasteiger partial charge is 0.496 e. The molecule has 0 aliphatic heterocycles. The lowest BCUT2D eigenvalue weighted by atomic mass is 10.0. The molecule has 1 unspecified atom stereocenters. The van der Waals surface area contributed by atoms with Crippen molar-refractivity contribution in [2.75, 3.05) is 13.7 Å². The van der Waals surface area contributed by atoms with Gasteiger partial charge in [-0.1, -0.05) is 24.6 Å². The van der Waals surface area contributed by atoms with Crippen LogP contribution in [0.5, 0.6) is 5.75 Å². The molecular weight excluding hydrogens is 262 g/mol. The lowest BCUT2D eigenvalue weighted by Gasteiger charge is -2.19. The number of methoxy groups -OCH3 is 1. The molecule has 112 valence electrons. The molecular formula is C17H23N3O. The maximum absolute atomic E-state index is 5.47. The van der Waals surface area contributed by atoms with Gasteiger partial charge >= 0.3 is 0 Å². The summed E-state index contributed by atoms with van der Waals surface area (Å²) in [7, 11) is 1.71. The van der Waals surface area contributed by atoms with Crippen LogP contribution in [0.25, 0.3) is 0 Å². The normalized spacial score (nSPS) is 12.1. The molecule has 1 aromatic heterocycles. The van der Waals surface area contributed by atoms with Gasteiger partial charge in [0, 0.05) is 12.4 Å². The summed E-state index contributed by atoms with van der Waals surface area (Å²) in [4.78, 5) is 8.78. The van der Waals surface area contributed by atoms with Gasteiger partial charge in [-0.25, -0.2) is 9.97 Å². The summed E-state index contributed by atoms with van der Waals surface area (Å²) in [5.41, 5.74) is 2.41. The monoisotopic (exact) mass is 285 g/mol. The minimum Gasteiger partial charge on any atom is -0.496 e. The number of benzene rings is 1. The van der Waals surface area contributed by atoms with Crippen LogP contribution >= 0.6 is 0 Å². The Morgan fingerprint density at radius 3 is 2.67 bits per heavy atom. The number of hydrogen-bond acceptors (Lipinski definition) is 4. The fraction of sp³-hybridized carbons (Fsp3) is 0.412. The predicted molar refractivity (Wildman–Crippen MR) is 84.5 cm³/mol. The van der Waals surface area contributed by atoms with Crippen molar-refractivity contribution in [3.05, 3.63) is 53.6 Å². The van der Waals surface area contributed by atoms with E-state index in [1.54, 1.807) is 19.5 Å². The average Bonchev–Trinajstić information content (AvgIpc) is 2.52. The van der Waals surface area contributed by atoms with E-state index in [9.17, 15) is 0 Å². The van der Waals surface area contributed by atoms with E-state index in [0.29, 0.717) is 0 Å². The minimum atomic E-state index is 0.0989. The SMILES string of the molecule is CCCNC(Cc1cc(C)ccc1OC)c1ncccn1. The summed E-state index contributed by atoms with van der Waals surface area (Å²) in [6.07, 6.45) is 5.47. The van der Waals surface area contributed by atoms with Gasteiger partial charge in [-0.3, -0.25) is 0 Å². The van der Waals surface area contributed by atoms with Gasteiger partial charge in [0.1, 0.15) is 11.6 Å². The zero-order valence-corrected chi connectivity index (χ0v) is 13.0. The average molecular weight is 285 g/mol. The number of nitrogens with one attached hydrogen (secondary N) is 1. The van der Waals surface area contributed by atoms with Gasteiger partial charge in [0.05, 0.1) is 13.2 Å². The number of nitrogens with zero attached hydrogens (tertiary/aromatic N) is 2. The van der Waals surface area contributed by atoms with Crippen LogP contribution < -0.4 is 10.1 Å². The molecule has 21 heavy (non-hydrogen) atoms. The lowest BCUT2D eigenvalue weighted by Crippen LogP contribution is -2.26. The van der Waals surface area contributed by atoms with Crippen molar-refractivity contribution in [3.63, 3.8) is 0 Å². The molecule has 1 atom stereocenters. The molecule has 2 rings (SSSR count). The van der Waals surface area contributed by atoms with Crippen molar-refractivity contribution in [3.8, 4) is 5.75 Å². The van der Waals surface area contributed by atoms with E-state index in [1.807, 2.05) is 12.1 Å². The van der Waals surface area contributed by atoms with E-state index < -0.39 is 0 Å². The van der Waals surface area contributed by atoms with Gasteiger partial charge < -0.3 is 10.1 Å². The maximum atomic E-state index is 5.47. The van der Waals surface area contributed by atoms with Crippen LogP contribution in [0.3, 0.4) is 0 Å². The first-order valence-corrected chi connectivity index (χ1v) is 7.38. The molecule has 0 bridgehead atoms. The minimum absolute atomic E-state index is 0.0989. The summed E-state index contributed by atoms with van der Waals surface area (Å²) in [5, 5.41) is 3.52. The van der Waals surface area contributed by atoms with E-state index in [4.69, 9.17) is 4.74 Å². The van der Waals surface area contributed by atoms with E-state index in [-0.39, 0.29) is 6.04 Å². The molecule has 1 heterocycles. The Morgan fingerprint density at radius 1 is 1.24 bits per heavy atom. The van der Waals surface area contributed by atoms with Crippen molar-refractivity contribution in [1.29, 1.82) is 0 Å². The van der Waals surface area contributed by atoms with Gasteiger partial charge in [-0.15, -0.1) is 0 Å². The van der Waals surface area contributed by atoms with Crippen LogP contribution in [0.1, 0.15) is 36.3 Å². The smallest absolute Gasteiger partial charge is 0.145 e. The molecule has 0 fully saturated rings. The number of aryl methyl sites for hydroxylation is 1. The van der Waals surface area contributed by atoms with Crippen molar-refractivity contribution in [1.82, 2.24) is 15.3 Å². The van der Waals surface area contributed by atoms with Crippen molar-refractivity contribution >= 4 is 0 Å². The maximum Gasteiger partial charge on any atom is 0.145 e. The summed E-state index contributed by atoms with van der Waals surface area (Å²) in [6, 6.07) is 8.20. The highest BCUT2D eigenvalue weighted by molar-refractivity contribution is 5.37. The molecule has 0 saturated heterocycles. The Balaban J connectivity index is 2.24. The number of ether oxygens (including phenoxy) is 1. The standard InChI is InChI=1S/C17H23N3O/c1-4-8-18-15(17-19-9-5-10-20-17)12-14-11-13(2)6-7-16(14)21-3/h5-7,9-11,15,18H,4,8,12H2,1-3H3. The van der Waals surface area contributed by atoms with E-state index in [2.05, 4.69) is 41.3 Å². The van der Waals surface area contributed by atoms with Crippen LogP contribution in [0, 0.1) is 6.92 Å². The van der Waals surface area contributed by atoms with E-state index >= 15 is 0 Å². The van der Waals surface area contributed by atoms with Gasteiger partial charge in [-0.05, 0) is 44.0 Å². The lowest BCUT2D eigenvalue weighted by molar-refractivity contribution is 0.404. The first kappa shape index (κ1) is 15.4. The second-order valence-electron chi connectivity index (χ2n) is 5.13. The zero-order chi connectivity index (χ0) is 15.1. The van der Waals surface area contributed by atoms with Gasteiger partial charge in [-0.2, -0.15) is 0 Å². The van der Waals surface area contributed by atoms with Crippen molar-refractivity contribution < 1.29 is 4.74 Å².